The minimum atomic E-state index is -0.739. The van der Waals surface area contributed by atoms with Gasteiger partial charge in [0.25, 0.3) is 0 Å². The topological polar surface area (TPSA) is 30.3 Å². The molecule has 0 bridgehead atoms. The van der Waals surface area contributed by atoms with Crippen molar-refractivity contribution >= 4 is 8.80 Å². The molecule has 92 valence electrons. The Balaban J connectivity index is 2.74. The molecule has 1 aliphatic heterocycles. The van der Waals surface area contributed by atoms with Crippen LogP contribution in [0, 0.1) is 11.3 Å². The summed E-state index contributed by atoms with van der Waals surface area (Å²) in [4.78, 5) is 5.15. The molecular formula is C12H25N3Si. The maximum Gasteiger partial charge on any atom is 0.0692 e. The molecule has 0 amide bonds. The predicted octanol–water partition coefficient (Wildman–Crippen LogP) is 1.67. The van der Waals surface area contributed by atoms with Crippen molar-refractivity contribution in [2.24, 2.45) is 0 Å². The second kappa shape index (κ2) is 5.31. The van der Waals surface area contributed by atoms with Gasteiger partial charge in [0.2, 0.25) is 0 Å². The van der Waals surface area contributed by atoms with E-state index in [9.17, 15) is 0 Å². The van der Waals surface area contributed by atoms with E-state index in [-0.39, 0.29) is 5.54 Å². The molecule has 1 unspecified atom stereocenters. The van der Waals surface area contributed by atoms with E-state index in [1.807, 2.05) is 0 Å². The number of hydrogen-bond donors (Lipinski definition) is 0. The van der Waals surface area contributed by atoms with E-state index in [4.69, 9.17) is 5.26 Å². The third-order valence-electron chi connectivity index (χ3n) is 3.29. The Morgan fingerprint density at radius 2 is 1.94 bits per heavy atom. The SMILES string of the molecule is C[SiH](C)C1N(CCC#N)CCN1C(C)(C)C. The van der Waals surface area contributed by atoms with Crippen LogP contribution in [0.25, 0.3) is 0 Å². The number of hydrogen-bond acceptors (Lipinski definition) is 3. The fourth-order valence-electron chi connectivity index (χ4n) is 2.65. The van der Waals surface area contributed by atoms with Crippen LogP contribution in [-0.4, -0.2) is 49.6 Å². The Kier molecular flexibility index (Phi) is 4.54. The van der Waals surface area contributed by atoms with E-state index in [0.717, 1.165) is 19.6 Å². The quantitative estimate of drug-likeness (QED) is 0.702. The zero-order chi connectivity index (χ0) is 12.3. The molecule has 0 N–H and O–H groups in total. The highest BCUT2D eigenvalue weighted by Gasteiger charge is 2.39. The Morgan fingerprint density at radius 1 is 1.31 bits per heavy atom. The molecule has 3 nitrogen and oxygen atoms in total. The molecule has 0 radical (unpaired) electrons. The molecule has 1 fully saturated rings. The fourth-order valence-corrected chi connectivity index (χ4v) is 5.11. The van der Waals surface area contributed by atoms with Gasteiger partial charge in [-0.2, -0.15) is 5.26 Å². The number of nitriles is 1. The summed E-state index contributed by atoms with van der Waals surface area (Å²) in [5, 5.41) is 8.70. The first-order valence-corrected chi connectivity index (χ1v) is 9.23. The van der Waals surface area contributed by atoms with E-state index in [1.54, 1.807) is 0 Å². The van der Waals surface area contributed by atoms with E-state index in [0.29, 0.717) is 12.2 Å². The highest BCUT2D eigenvalue weighted by atomic mass is 28.3. The van der Waals surface area contributed by atoms with Crippen LogP contribution in [0.15, 0.2) is 0 Å². The van der Waals surface area contributed by atoms with Crippen LogP contribution in [-0.2, 0) is 0 Å². The minimum absolute atomic E-state index is 0.253. The van der Waals surface area contributed by atoms with Crippen LogP contribution >= 0.6 is 0 Å². The molecule has 1 aliphatic rings. The highest BCUT2D eigenvalue weighted by molar-refractivity contribution is 6.57. The van der Waals surface area contributed by atoms with Gasteiger partial charge < -0.3 is 0 Å². The van der Waals surface area contributed by atoms with Gasteiger partial charge in [0.15, 0.2) is 0 Å². The summed E-state index contributed by atoms with van der Waals surface area (Å²) in [5.74, 6) is 0.633. The van der Waals surface area contributed by atoms with Crippen molar-refractivity contribution in [1.82, 2.24) is 9.80 Å². The first-order valence-electron chi connectivity index (χ1n) is 6.25. The standard InChI is InChI=1S/C12H25N3Si/c1-12(2,3)15-10-9-14(8-6-7-13)11(15)16(4)5/h11,16H,6,8-10H2,1-5H3. The second-order valence-corrected chi connectivity index (χ2v) is 9.05. The highest BCUT2D eigenvalue weighted by Crippen LogP contribution is 2.26. The monoisotopic (exact) mass is 239 g/mol. The summed E-state index contributed by atoms with van der Waals surface area (Å²) < 4.78 is 0. The lowest BCUT2D eigenvalue weighted by Gasteiger charge is -2.40. The van der Waals surface area contributed by atoms with Gasteiger partial charge in [0, 0.05) is 37.4 Å². The third-order valence-corrected chi connectivity index (χ3v) is 5.26. The van der Waals surface area contributed by atoms with Crippen LogP contribution in [0.3, 0.4) is 0 Å². The molecule has 1 saturated heterocycles. The van der Waals surface area contributed by atoms with Gasteiger partial charge in [-0.1, -0.05) is 13.1 Å². The third kappa shape index (κ3) is 3.06. The van der Waals surface area contributed by atoms with E-state index >= 15 is 0 Å². The summed E-state index contributed by atoms with van der Waals surface area (Å²) in [6.07, 6.45) is 0.662. The van der Waals surface area contributed by atoms with E-state index in [2.05, 4.69) is 49.7 Å². The number of rotatable bonds is 3. The van der Waals surface area contributed by atoms with Crippen LogP contribution in [0.1, 0.15) is 27.2 Å². The molecule has 0 aromatic rings. The van der Waals surface area contributed by atoms with Gasteiger partial charge in [0.05, 0.1) is 14.9 Å². The predicted molar refractivity (Wildman–Crippen MR) is 70.9 cm³/mol. The lowest BCUT2D eigenvalue weighted by Crippen LogP contribution is -2.54. The Labute approximate surface area is 102 Å². The second-order valence-electron chi connectivity index (χ2n) is 5.97. The Bertz CT molecular complexity index is 264. The van der Waals surface area contributed by atoms with Gasteiger partial charge in [-0.25, -0.2) is 0 Å². The molecule has 1 rings (SSSR count). The molecule has 4 heteroatoms. The van der Waals surface area contributed by atoms with Gasteiger partial charge in [0.1, 0.15) is 0 Å². The Hall–Kier alpha value is -0.373. The molecule has 0 aromatic carbocycles. The summed E-state index contributed by atoms with van der Waals surface area (Å²) >= 11 is 0. The van der Waals surface area contributed by atoms with Crippen LogP contribution in [0.5, 0.6) is 0 Å². The number of nitrogens with zero attached hydrogens (tertiary/aromatic N) is 3. The normalized spacial score (nSPS) is 23.9. The van der Waals surface area contributed by atoms with E-state index in [1.165, 1.54) is 0 Å². The summed E-state index contributed by atoms with van der Waals surface area (Å²) in [6.45, 7) is 14.9. The first kappa shape index (κ1) is 13.7. The van der Waals surface area contributed by atoms with Gasteiger partial charge >= 0.3 is 0 Å². The zero-order valence-electron chi connectivity index (χ0n) is 11.3. The maximum atomic E-state index is 8.70. The molecular weight excluding hydrogens is 214 g/mol. The molecule has 0 spiro atoms. The van der Waals surface area contributed by atoms with Gasteiger partial charge in [-0.3, -0.25) is 9.80 Å². The van der Waals surface area contributed by atoms with Crippen LogP contribution < -0.4 is 0 Å². The average molecular weight is 239 g/mol. The van der Waals surface area contributed by atoms with Crippen molar-refractivity contribution in [2.75, 3.05) is 19.6 Å². The molecule has 1 atom stereocenters. The van der Waals surface area contributed by atoms with Crippen molar-refractivity contribution < 1.29 is 0 Å². The van der Waals surface area contributed by atoms with Crippen LogP contribution in [0.4, 0.5) is 0 Å². The molecule has 16 heavy (non-hydrogen) atoms. The first-order chi connectivity index (χ1) is 7.38. The lowest BCUT2D eigenvalue weighted by molar-refractivity contribution is 0.109. The largest absolute Gasteiger partial charge is 0.289 e. The van der Waals surface area contributed by atoms with E-state index < -0.39 is 8.80 Å². The van der Waals surface area contributed by atoms with Crippen molar-refractivity contribution in [3.63, 3.8) is 0 Å². The van der Waals surface area contributed by atoms with Crippen LogP contribution in [0.2, 0.25) is 13.1 Å². The summed E-state index contributed by atoms with van der Waals surface area (Å²) in [6, 6.07) is 2.26. The minimum Gasteiger partial charge on any atom is -0.289 e. The zero-order valence-corrected chi connectivity index (χ0v) is 12.5. The van der Waals surface area contributed by atoms with Gasteiger partial charge in [-0.15, -0.1) is 0 Å². The summed E-state index contributed by atoms with van der Waals surface area (Å²) in [5.41, 5.74) is 0.253. The Morgan fingerprint density at radius 3 is 2.38 bits per heavy atom. The summed E-state index contributed by atoms with van der Waals surface area (Å²) in [7, 11) is -0.739. The smallest absolute Gasteiger partial charge is 0.0692 e. The van der Waals surface area contributed by atoms with Gasteiger partial charge in [-0.05, 0) is 20.8 Å². The fraction of sp³-hybridized carbons (Fsp3) is 0.917. The maximum absolute atomic E-state index is 8.70. The lowest BCUT2D eigenvalue weighted by atomic mass is 10.1. The molecule has 0 aromatic heterocycles. The van der Waals surface area contributed by atoms with Crippen molar-refractivity contribution in [3.8, 4) is 6.07 Å². The molecule has 0 saturated carbocycles. The van der Waals surface area contributed by atoms with Crippen molar-refractivity contribution in [3.05, 3.63) is 0 Å². The molecule has 1 heterocycles. The average Bonchev–Trinajstić information content (AvgIpc) is 2.57. The molecule has 0 aliphatic carbocycles. The van der Waals surface area contributed by atoms with Crippen molar-refractivity contribution in [2.45, 2.75) is 51.6 Å². The van der Waals surface area contributed by atoms with Crippen molar-refractivity contribution in [1.29, 1.82) is 5.26 Å².